The average Bonchev–Trinajstić information content (AvgIpc) is 3.25. The fourth-order valence-corrected chi connectivity index (χ4v) is 2.88. The zero-order chi connectivity index (χ0) is 17.6. The van der Waals surface area contributed by atoms with E-state index in [0.717, 1.165) is 30.9 Å². The van der Waals surface area contributed by atoms with Crippen LogP contribution in [0.15, 0.2) is 45.5 Å². The van der Waals surface area contributed by atoms with Gasteiger partial charge in [-0.1, -0.05) is 0 Å². The molecule has 1 fully saturated rings. The first-order chi connectivity index (χ1) is 12.1. The van der Waals surface area contributed by atoms with Crippen LogP contribution in [0.2, 0.25) is 0 Å². The Bertz CT molecular complexity index is 741. The molecule has 0 saturated carbocycles. The molecule has 2 aromatic rings. The van der Waals surface area contributed by atoms with Crippen LogP contribution in [0, 0.1) is 0 Å². The molecule has 1 atom stereocenters. The normalized spacial score (nSPS) is 16.4. The predicted octanol–water partition coefficient (Wildman–Crippen LogP) is 3.73. The number of carbonyl (C=O) groups excluding carboxylic acids is 1. The van der Waals surface area contributed by atoms with Crippen LogP contribution >= 0.6 is 28.1 Å². The number of amides is 1. The van der Waals surface area contributed by atoms with Crippen molar-refractivity contribution >= 4 is 44.9 Å². The van der Waals surface area contributed by atoms with Crippen LogP contribution < -0.4 is 15.4 Å². The molecule has 2 N–H and O–H groups in total. The maximum Gasteiger partial charge on any atom is 0.293 e. The van der Waals surface area contributed by atoms with Crippen molar-refractivity contribution in [2.75, 3.05) is 18.5 Å². The summed E-state index contributed by atoms with van der Waals surface area (Å²) in [4.78, 5) is 11.9. The van der Waals surface area contributed by atoms with Crippen LogP contribution in [0.1, 0.15) is 23.4 Å². The molecule has 1 aromatic carbocycles. The van der Waals surface area contributed by atoms with Crippen molar-refractivity contribution in [2.24, 2.45) is 0 Å². The molecule has 3 rings (SSSR count). The molecule has 1 aromatic heterocycles. The number of furan rings is 1. The molecule has 6 nitrogen and oxygen atoms in total. The zero-order valence-electron chi connectivity index (χ0n) is 13.3. The standard InChI is InChI=1S/C17H17BrN2O4S/c18-15-8-7-14(24-15)16(21)20-17(25)19-11-3-5-12(6-4-11)23-10-13-2-1-9-22-13/h3-8,13H,1-2,9-10H2,(H2,19,20,21,25)/t13-/m1/s1. The van der Waals surface area contributed by atoms with Crippen molar-refractivity contribution in [2.45, 2.75) is 18.9 Å². The third-order valence-electron chi connectivity index (χ3n) is 3.60. The SMILES string of the molecule is O=C(NC(=S)Nc1ccc(OC[C@H]2CCCO2)cc1)c1ccc(Br)o1. The Labute approximate surface area is 159 Å². The molecule has 132 valence electrons. The van der Waals surface area contributed by atoms with Crippen LogP contribution in [-0.4, -0.2) is 30.3 Å². The number of halogens is 1. The Morgan fingerprint density at radius 3 is 2.72 bits per heavy atom. The molecule has 0 radical (unpaired) electrons. The van der Waals surface area contributed by atoms with E-state index in [2.05, 4.69) is 26.6 Å². The van der Waals surface area contributed by atoms with E-state index in [1.54, 1.807) is 12.1 Å². The van der Waals surface area contributed by atoms with E-state index in [0.29, 0.717) is 11.3 Å². The second-order valence-corrected chi connectivity index (χ2v) is 6.67. The molecule has 1 aliphatic rings. The number of thiocarbonyl (C=S) groups is 1. The van der Waals surface area contributed by atoms with Crippen LogP contribution in [-0.2, 0) is 4.74 Å². The zero-order valence-corrected chi connectivity index (χ0v) is 15.7. The molecule has 1 saturated heterocycles. The van der Waals surface area contributed by atoms with E-state index < -0.39 is 5.91 Å². The highest BCUT2D eigenvalue weighted by Crippen LogP contribution is 2.18. The minimum absolute atomic E-state index is 0.175. The summed E-state index contributed by atoms with van der Waals surface area (Å²) in [6, 6.07) is 10.5. The Hall–Kier alpha value is -1.90. The van der Waals surface area contributed by atoms with Gasteiger partial charge in [-0.05, 0) is 77.4 Å². The van der Waals surface area contributed by atoms with E-state index in [9.17, 15) is 4.79 Å². The molecule has 25 heavy (non-hydrogen) atoms. The van der Waals surface area contributed by atoms with Gasteiger partial charge in [-0.15, -0.1) is 0 Å². The molecular weight excluding hydrogens is 408 g/mol. The van der Waals surface area contributed by atoms with Gasteiger partial charge >= 0.3 is 0 Å². The van der Waals surface area contributed by atoms with Gasteiger partial charge in [0, 0.05) is 12.3 Å². The van der Waals surface area contributed by atoms with Crippen molar-refractivity contribution in [3.05, 3.63) is 46.8 Å². The maximum atomic E-state index is 11.9. The molecule has 1 aliphatic heterocycles. The summed E-state index contributed by atoms with van der Waals surface area (Å²) in [5.41, 5.74) is 0.746. The smallest absolute Gasteiger partial charge is 0.293 e. The summed E-state index contributed by atoms with van der Waals surface area (Å²) in [5.74, 6) is 0.519. The minimum Gasteiger partial charge on any atom is -0.491 e. The Morgan fingerprint density at radius 2 is 2.08 bits per heavy atom. The number of nitrogens with one attached hydrogen (secondary N) is 2. The van der Waals surface area contributed by atoms with Crippen molar-refractivity contribution in [3.8, 4) is 5.75 Å². The second kappa shape index (κ2) is 8.46. The number of anilines is 1. The Kier molecular flexibility index (Phi) is 6.06. The van der Waals surface area contributed by atoms with Crippen molar-refractivity contribution in [1.82, 2.24) is 5.32 Å². The molecular formula is C17H17BrN2O4S. The van der Waals surface area contributed by atoms with Gasteiger partial charge in [-0.3, -0.25) is 10.1 Å². The lowest BCUT2D eigenvalue weighted by Gasteiger charge is -2.12. The topological polar surface area (TPSA) is 72.7 Å². The molecule has 8 heteroatoms. The largest absolute Gasteiger partial charge is 0.491 e. The lowest BCUT2D eigenvalue weighted by Crippen LogP contribution is -2.33. The molecule has 0 bridgehead atoms. The summed E-state index contributed by atoms with van der Waals surface area (Å²) >= 11 is 8.28. The van der Waals surface area contributed by atoms with E-state index in [-0.39, 0.29) is 17.0 Å². The second-order valence-electron chi connectivity index (χ2n) is 5.48. The summed E-state index contributed by atoms with van der Waals surface area (Å²) < 4.78 is 16.9. The highest BCUT2D eigenvalue weighted by molar-refractivity contribution is 9.10. The lowest BCUT2D eigenvalue weighted by molar-refractivity contribution is 0.0679. The minimum atomic E-state index is -0.417. The molecule has 0 aliphatic carbocycles. The van der Waals surface area contributed by atoms with Crippen LogP contribution in [0.25, 0.3) is 0 Å². The van der Waals surface area contributed by atoms with Gasteiger partial charge in [0.2, 0.25) is 0 Å². The molecule has 0 unspecified atom stereocenters. The van der Waals surface area contributed by atoms with Crippen molar-refractivity contribution < 1.29 is 18.7 Å². The van der Waals surface area contributed by atoms with Gasteiger partial charge in [-0.2, -0.15) is 0 Å². The van der Waals surface area contributed by atoms with E-state index in [1.165, 1.54) is 0 Å². The highest BCUT2D eigenvalue weighted by Gasteiger charge is 2.16. The monoisotopic (exact) mass is 424 g/mol. The van der Waals surface area contributed by atoms with E-state index in [1.807, 2.05) is 24.3 Å². The fraction of sp³-hybridized carbons (Fsp3) is 0.294. The van der Waals surface area contributed by atoms with Crippen LogP contribution in [0.3, 0.4) is 0 Å². The summed E-state index contributed by atoms with van der Waals surface area (Å²) in [6.07, 6.45) is 2.32. The van der Waals surface area contributed by atoms with Crippen LogP contribution in [0.5, 0.6) is 5.75 Å². The Balaban J connectivity index is 1.47. The summed E-state index contributed by atoms with van der Waals surface area (Å²) in [6.45, 7) is 1.37. The number of ether oxygens (including phenoxy) is 2. The van der Waals surface area contributed by atoms with E-state index >= 15 is 0 Å². The predicted molar refractivity (Wildman–Crippen MR) is 101 cm³/mol. The maximum absolute atomic E-state index is 11.9. The summed E-state index contributed by atoms with van der Waals surface area (Å²) in [7, 11) is 0. The number of hydrogen-bond donors (Lipinski definition) is 2. The van der Waals surface area contributed by atoms with Gasteiger partial charge in [0.05, 0.1) is 6.10 Å². The lowest BCUT2D eigenvalue weighted by atomic mass is 10.2. The third-order valence-corrected chi connectivity index (χ3v) is 4.23. The highest BCUT2D eigenvalue weighted by atomic mass is 79.9. The molecule has 0 spiro atoms. The van der Waals surface area contributed by atoms with E-state index in [4.69, 9.17) is 26.1 Å². The summed E-state index contributed by atoms with van der Waals surface area (Å²) in [5, 5.41) is 5.68. The first kappa shape index (κ1) is 17.9. The van der Waals surface area contributed by atoms with Gasteiger partial charge < -0.3 is 19.2 Å². The van der Waals surface area contributed by atoms with Crippen LogP contribution in [0.4, 0.5) is 5.69 Å². The van der Waals surface area contributed by atoms with Crippen molar-refractivity contribution in [1.29, 1.82) is 0 Å². The van der Waals surface area contributed by atoms with Crippen molar-refractivity contribution in [3.63, 3.8) is 0 Å². The number of rotatable bonds is 5. The molecule has 1 amide bonds. The van der Waals surface area contributed by atoms with Gasteiger partial charge in [0.1, 0.15) is 12.4 Å². The number of carbonyl (C=O) groups is 1. The quantitative estimate of drug-likeness (QED) is 0.712. The molecule has 2 heterocycles. The Morgan fingerprint density at radius 1 is 1.28 bits per heavy atom. The average molecular weight is 425 g/mol. The number of hydrogen-bond acceptors (Lipinski definition) is 5. The third kappa shape index (κ3) is 5.29. The number of benzene rings is 1. The fourth-order valence-electron chi connectivity index (χ4n) is 2.36. The van der Waals surface area contributed by atoms with Gasteiger partial charge in [-0.25, -0.2) is 0 Å². The first-order valence-electron chi connectivity index (χ1n) is 7.82. The van der Waals surface area contributed by atoms with Gasteiger partial charge in [0.15, 0.2) is 15.5 Å². The first-order valence-corrected chi connectivity index (χ1v) is 9.02. The van der Waals surface area contributed by atoms with Gasteiger partial charge in [0.25, 0.3) is 5.91 Å².